The van der Waals surface area contributed by atoms with Crippen LogP contribution in [0.1, 0.15) is 30.6 Å². The molecular weight excluding hydrogens is 383 g/mol. The maximum Gasteiger partial charge on any atom is 0.255 e. The first-order valence-corrected chi connectivity index (χ1v) is 9.73. The summed E-state index contributed by atoms with van der Waals surface area (Å²) in [6.45, 7) is 4.06. The fraction of sp³-hybridized carbons (Fsp3) is 0.174. The van der Waals surface area contributed by atoms with Crippen LogP contribution in [0.25, 0.3) is 16.7 Å². The van der Waals surface area contributed by atoms with Gasteiger partial charge in [-0.2, -0.15) is 4.80 Å². The Labute approximate surface area is 173 Å². The Morgan fingerprint density at radius 2 is 1.73 bits per heavy atom. The number of hydrogen-bond acceptors (Lipinski definition) is 4. The highest BCUT2D eigenvalue weighted by atomic mass is 19.1. The number of anilines is 1. The first kappa shape index (κ1) is 19.6. The van der Waals surface area contributed by atoms with Crippen LogP contribution in [-0.4, -0.2) is 27.0 Å². The second-order valence-electron chi connectivity index (χ2n) is 6.98. The lowest BCUT2D eigenvalue weighted by atomic mass is 10.2. The van der Waals surface area contributed by atoms with Crippen molar-refractivity contribution in [1.29, 1.82) is 0 Å². The van der Waals surface area contributed by atoms with E-state index in [9.17, 15) is 9.18 Å². The van der Waals surface area contributed by atoms with Crippen molar-refractivity contribution < 1.29 is 13.9 Å². The number of carbonyl (C=O) groups excluding carboxylic acids is 1. The topological polar surface area (TPSA) is 69.0 Å². The minimum Gasteiger partial charge on any atom is -0.491 e. The molecule has 0 fully saturated rings. The number of carbonyl (C=O) groups is 1. The standard InChI is InChI=1S/C23H21FN4O2/c1-3-15(2)30-20-11-4-16(5-12-20)23(29)25-18-8-13-21-22(14-18)27-28(26-21)19-9-6-17(24)7-10-19/h4-15H,3H2,1-2H3,(H,25,29). The van der Waals surface area contributed by atoms with Crippen molar-refractivity contribution >= 4 is 22.6 Å². The summed E-state index contributed by atoms with van der Waals surface area (Å²) in [5.74, 6) is 0.190. The van der Waals surface area contributed by atoms with Crippen LogP contribution in [-0.2, 0) is 0 Å². The van der Waals surface area contributed by atoms with E-state index < -0.39 is 0 Å². The number of benzene rings is 3. The molecule has 0 radical (unpaired) electrons. The number of nitrogens with zero attached hydrogens (tertiary/aromatic N) is 3. The predicted octanol–water partition coefficient (Wildman–Crippen LogP) is 4.99. The summed E-state index contributed by atoms with van der Waals surface area (Å²) >= 11 is 0. The van der Waals surface area contributed by atoms with Crippen LogP contribution in [0, 0.1) is 5.82 Å². The number of ether oxygens (including phenoxy) is 1. The summed E-state index contributed by atoms with van der Waals surface area (Å²) in [6.07, 6.45) is 1.04. The summed E-state index contributed by atoms with van der Waals surface area (Å²) in [6, 6.07) is 18.3. The third-order valence-electron chi connectivity index (χ3n) is 4.72. The molecule has 4 rings (SSSR count). The molecule has 3 aromatic carbocycles. The Morgan fingerprint density at radius 3 is 2.43 bits per heavy atom. The van der Waals surface area contributed by atoms with Gasteiger partial charge in [0.25, 0.3) is 5.91 Å². The van der Waals surface area contributed by atoms with Crippen molar-refractivity contribution in [3.63, 3.8) is 0 Å². The van der Waals surface area contributed by atoms with Crippen LogP contribution in [0.4, 0.5) is 10.1 Å². The highest BCUT2D eigenvalue weighted by Crippen LogP contribution is 2.20. The first-order valence-electron chi connectivity index (χ1n) is 9.73. The van der Waals surface area contributed by atoms with Crippen molar-refractivity contribution in [2.45, 2.75) is 26.4 Å². The van der Waals surface area contributed by atoms with Crippen molar-refractivity contribution in [1.82, 2.24) is 15.0 Å². The minimum absolute atomic E-state index is 0.125. The van der Waals surface area contributed by atoms with E-state index in [-0.39, 0.29) is 17.8 Å². The molecule has 4 aromatic rings. The maximum atomic E-state index is 13.1. The molecular formula is C23H21FN4O2. The van der Waals surface area contributed by atoms with Gasteiger partial charge < -0.3 is 10.1 Å². The number of rotatable bonds is 6. The average molecular weight is 404 g/mol. The van der Waals surface area contributed by atoms with E-state index in [1.807, 2.05) is 6.92 Å². The summed E-state index contributed by atoms with van der Waals surface area (Å²) in [4.78, 5) is 14.0. The molecule has 0 aliphatic carbocycles. The van der Waals surface area contributed by atoms with Gasteiger partial charge in [0.1, 0.15) is 22.6 Å². The lowest BCUT2D eigenvalue weighted by Crippen LogP contribution is -2.12. The van der Waals surface area contributed by atoms with E-state index in [1.54, 1.807) is 54.6 Å². The highest BCUT2D eigenvalue weighted by Gasteiger charge is 2.10. The molecule has 0 saturated heterocycles. The van der Waals surface area contributed by atoms with Crippen molar-refractivity contribution in [3.8, 4) is 11.4 Å². The van der Waals surface area contributed by atoms with E-state index in [0.29, 0.717) is 28.0 Å². The molecule has 152 valence electrons. The molecule has 6 nitrogen and oxygen atoms in total. The largest absolute Gasteiger partial charge is 0.491 e. The number of hydrogen-bond donors (Lipinski definition) is 1. The third kappa shape index (κ3) is 4.30. The van der Waals surface area contributed by atoms with E-state index >= 15 is 0 Å². The Bertz CT molecular complexity index is 1170. The molecule has 0 aliphatic rings. The van der Waals surface area contributed by atoms with Gasteiger partial charge in [-0.15, -0.1) is 10.2 Å². The minimum atomic E-state index is -0.320. The Kier molecular flexibility index (Phi) is 5.43. The van der Waals surface area contributed by atoms with E-state index in [1.165, 1.54) is 16.9 Å². The predicted molar refractivity (Wildman–Crippen MR) is 114 cm³/mol. The summed E-state index contributed by atoms with van der Waals surface area (Å²) < 4.78 is 18.9. The molecule has 30 heavy (non-hydrogen) atoms. The summed E-state index contributed by atoms with van der Waals surface area (Å²) in [7, 11) is 0. The molecule has 1 atom stereocenters. The van der Waals surface area contributed by atoms with Crippen LogP contribution in [0.15, 0.2) is 66.7 Å². The van der Waals surface area contributed by atoms with Crippen molar-refractivity contribution in [3.05, 3.63) is 78.1 Å². The number of amides is 1. The quantitative estimate of drug-likeness (QED) is 0.492. The van der Waals surface area contributed by atoms with Crippen LogP contribution in [0.2, 0.25) is 0 Å². The lowest BCUT2D eigenvalue weighted by Gasteiger charge is -2.12. The fourth-order valence-electron chi connectivity index (χ4n) is 2.89. The van der Waals surface area contributed by atoms with Gasteiger partial charge in [0.05, 0.1) is 11.8 Å². The zero-order valence-corrected chi connectivity index (χ0v) is 16.7. The van der Waals surface area contributed by atoms with E-state index in [0.717, 1.165) is 12.2 Å². The Hall–Kier alpha value is -3.74. The second kappa shape index (κ2) is 8.32. The van der Waals surface area contributed by atoms with Gasteiger partial charge in [-0.05, 0) is 80.1 Å². The monoisotopic (exact) mass is 404 g/mol. The number of fused-ring (bicyclic) bond motifs is 1. The van der Waals surface area contributed by atoms with Crippen LogP contribution in [0.3, 0.4) is 0 Å². The number of nitrogens with one attached hydrogen (secondary N) is 1. The molecule has 0 spiro atoms. The lowest BCUT2D eigenvalue weighted by molar-refractivity contribution is 0.102. The van der Waals surface area contributed by atoms with Crippen LogP contribution >= 0.6 is 0 Å². The van der Waals surface area contributed by atoms with Crippen molar-refractivity contribution in [2.75, 3.05) is 5.32 Å². The van der Waals surface area contributed by atoms with E-state index in [2.05, 4.69) is 22.4 Å². The molecule has 7 heteroatoms. The van der Waals surface area contributed by atoms with Gasteiger partial charge in [-0.1, -0.05) is 6.92 Å². The van der Waals surface area contributed by atoms with Crippen LogP contribution < -0.4 is 10.1 Å². The van der Waals surface area contributed by atoms with Gasteiger partial charge in [0, 0.05) is 11.3 Å². The van der Waals surface area contributed by atoms with Gasteiger partial charge in [0.2, 0.25) is 0 Å². The zero-order chi connectivity index (χ0) is 21.1. The Morgan fingerprint density at radius 1 is 1.03 bits per heavy atom. The number of halogens is 1. The molecule has 1 unspecified atom stereocenters. The second-order valence-corrected chi connectivity index (χ2v) is 6.98. The smallest absolute Gasteiger partial charge is 0.255 e. The molecule has 1 aromatic heterocycles. The van der Waals surface area contributed by atoms with E-state index in [4.69, 9.17) is 4.74 Å². The van der Waals surface area contributed by atoms with Crippen LogP contribution in [0.5, 0.6) is 5.75 Å². The molecule has 1 heterocycles. The molecule has 0 aliphatic heterocycles. The fourth-order valence-corrected chi connectivity index (χ4v) is 2.89. The Balaban J connectivity index is 1.49. The molecule has 1 amide bonds. The van der Waals surface area contributed by atoms with Crippen molar-refractivity contribution in [2.24, 2.45) is 0 Å². The average Bonchev–Trinajstić information content (AvgIpc) is 3.18. The third-order valence-corrected chi connectivity index (χ3v) is 4.72. The summed E-state index contributed by atoms with van der Waals surface area (Å²) in [5, 5.41) is 11.7. The first-order chi connectivity index (χ1) is 14.5. The molecule has 0 bridgehead atoms. The SMILES string of the molecule is CCC(C)Oc1ccc(C(=O)Nc2ccc3nn(-c4ccc(F)cc4)nc3c2)cc1. The maximum absolute atomic E-state index is 13.1. The normalized spacial score (nSPS) is 12.0. The number of aromatic nitrogens is 3. The van der Waals surface area contributed by atoms with Gasteiger partial charge in [0.15, 0.2) is 0 Å². The zero-order valence-electron chi connectivity index (χ0n) is 16.7. The molecule has 0 saturated carbocycles. The molecule has 1 N–H and O–H groups in total. The summed E-state index contributed by atoms with van der Waals surface area (Å²) in [5.41, 5.74) is 3.08. The van der Waals surface area contributed by atoms with Gasteiger partial charge in [-0.3, -0.25) is 4.79 Å². The van der Waals surface area contributed by atoms with Gasteiger partial charge >= 0.3 is 0 Å². The van der Waals surface area contributed by atoms with Gasteiger partial charge in [-0.25, -0.2) is 4.39 Å². The highest BCUT2D eigenvalue weighted by molar-refractivity contribution is 6.05.